The molecule has 1 atom stereocenters. The molecule has 0 aliphatic carbocycles. The van der Waals surface area contributed by atoms with Gasteiger partial charge in [-0.25, -0.2) is 0 Å². The first kappa shape index (κ1) is 14.4. The molecule has 0 amide bonds. The van der Waals surface area contributed by atoms with Gasteiger partial charge in [0, 0.05) is 23.3 Å². The molecular weight excluding hydrogens is 303 g/mol. The fourth-order valence-corrected chi connectivity index (χ4v) is 1.62. The minimum absolute atomic E-state index is 0.199. The highest BCUT2D eigenvalue weighted by atomic mass is 79.9. The second kappa shape index (κ2) is 6.32. The van der Waals surface area contributed by atoms with Crippen molar-refractivity contribution in [2.75, 3.05) is 13.2 Å². The van der Waals surface area contributed by atoms with Crippen LogP contribution in [0.3, 0.4) is 0 Å². The highest BCUT2D eigenvalue weighted by Gasteiger charge is 2.27. The van der Waals surface area contributed by atoms with Crippen LogP contribution >= 0.6 is 15.9 Å². The highest BCUT2D eigenvalue weighted by Crippen LogP contribution is 2.15. The van der Waals surface area contributed by atoms with Crippen LogP contribution in [0.1, 0.15) is 5.56 Å². The van der Waals surface area contributed by atoms with Gasteiger partial charge in [-0.15, -0.1) is 0 Å². The predicted molar refractivity (Wildman–Crippen MR) is 58.5 cm³/mol. The molecule has 0 saturated carbocycles. The number of hydrogen-bond donors (Lipinski definition) is 1. The fourth-order valence-electron chi connectivity index (χ4n) is 1.21. The second-order valence-electron chi connectivity index (χ2n) is 3.50. The molecule has 1 unspecified atom stereocenters. The Hall–Kier alpha value is -0.660. The molecule has 0 aromatic carbocycles. The lowest BCUT2D eigenvalue weighted by atomic mass is 10.1. The topological polar surface area (TPSA) is 42.4 Å². The number of hydrogen-bond acceptors (Lipinski definition) is 3. The van der Waals surface area contributed by atoms with Crippen LogP contribution in [0.2, 0.25) is 0 Å². The van der Waals surface area contributed by atoms with Gasteiger partial charge in [0.1, 0.15) is 6.61 Å². The van der Waals surface area contributed by atoms with Crippen LogP contribution in [-0.4, -0.2) is 35.6 Å². The molecule has 0 aliphatic heterocycles. The Kier molecular flexibility index (Phi) is 5.35. The lowest BCUT2D eigenvalue weighted by Crippen LogP contribution is -2.24. The number of nitrogens with zero attached hydrogens (tertiary/aromatic N) is 1. The standard InChI is InChI=1S/C10H11BrF3NO2/c11-8-1-7(3-15-4-8)2-9(16)5-17-6-10(12,13)14/h1,3-4,9,16H,2,5-6H2. The second-order valence-corrected chi connectivity index (χ2v) is 4.42. The van der Waals surface area contributed by atoms with Crippen LogP contribution in [0.4, 0.5) is 13.2 Å². The SMILES string of the molecule is OC(COCC(F)(F)F)Cc1cncc(Br)c1. The lowest BCUT2D eigenvalue weighted by molar-refractivity contribution is -0.179. The molecule has 96 valence electrons. The molecule has 0 spiro atoms. The Labute approximate surface area is 105 Å². The number of aromatic nitrogens is 1. The van der Waals surface area contributed by atoms with Gasteiger partial charge >= 0.3 is 6.18 Å². The molecule has 3 nitrogen and oxygen atoms in total. The average Bonchev–Trinajstić information content (AvgIpc) is 2.15. The Bertz CT molecular complexity index is 360. The third kappa shape index (κ3) is 6.60. The van der Waals surface area contributed by atoms with Crippen molar-refractivity contribution in [3.63, 3.8) is 0 Å². The van der Waals surface area contributed by atoms with Crippen LogP contribution in [0.25, 0.3) is 0 Å². The zero-order valence-electron chi connectivity index (χ0n) is 8.75. The molecular formula is C10H11BrF3NO2. The number of alkyl halides is 3. The summed E-state index contributed by atoms with van der Waals surface area (Å²) in [5.74, 6) is 0. The van der Waals surface area contributed by atoms with Gasteiger partial charge < -0.3 is 9.84 Å². The molecule has 1 rings (SSSR count). The molecule has 1 N–H and O–H groups in total. The largest absolute Gasteiger partial charge is 0.411 e. The maximum atomic E-state index is 11.8. The first-order chi connectivity index (χ1) is 7.87. The van der Waals surface area contributed by atoms with Crippen molar-refractivity contribution in [2.24, 2.45) is 0 Å². The van der Waals surface area contributed by atoms with E-state index in [1.54, 1.807) is 12.3 Å². The number of ether oxygens (including phenoxy) is 1. The first-order valence-corrected chi connectivity index (χ1v) is 5.58. The van der Waals surface area contributed by atoms with Crippen LogP contribution in [-0.2, 0) is 11.2 Å². The maximum Gasteiger partial charge on any atom is 0.411 e. The van der Waals surface area contributed by atoms with E-state index in [1.165, 1.54) is 6.20 Å². The molecule has 1 aromatic heterocycles. The summed E-state index contributed by atoms with van der Waals surface area (Å²) in [7, 11) is 0. The van der Waals surface area contributed by atoms with Crippen molar-refractivity contribution in [2.45, 2.75) is 18.7 Å². The zero-order chi connectivity index (χ0) is 12.9. The number of rotatable bonds is 5. The van der Waals surface area contributed by atoms with Crippen molar-refractivity contribution < 1.29 is 23.0 Å². The summed E-state index contributed by atoms with van der Waals surface area (Å²) in [4.78, 5) is 3.88. The lowest BCUT2D eigenvalue weighted by Gasteiger charge is -2.12. The first-order valence-electron chi connectivity index (χ1n) is 4.79. The van der Waals surface area contributed by atoms with Crippen LogP contribution in [0.15, 0.2) is 22.9 Å². The van der Waals surface area contributed by atoms with E-state index < -0.39 is 18.9 Å². The van der Waals surface area contributed by atoms with E-state index in [1.807, 2.05) is 0 Å². The Morgan fingerprint density at radius 2 is 2.12 bits per heavy atom. The van der Waals surface area contributed by atoms with Gasteiger partial charge in [0.15, 0.2) is 0 Å². The smallest absolute Gasteiger partial charge is 0.390 e. The molecule has 1 aromatic rings. The third-order valence-electron chi connectivity index (χ3n) is 1.81. The monoisotopic (exact) mass is 313 g/mol. The van der Waals surface area contributed by atoms with E-state index >= 15 is 0 Å². The summed E-state index contributed by atoms with van der Waals surface area (Å²) < 4.78 is 40.4. The van der Waals surface area contributed by atoms with Gasteiger partial charge in [-0.2, -0.15) is 13.2 Å². The average molecular weight is 314 g/mol. The molecule has 17 heavy (non-hydrogen) atoms. The number of aliphatic hydroxyl groups is 1. The highest BCUT2D eigenvalue weighted by molar-refractivity contribution is 9.10. The normalized spacial score (nSPS) is 13.7. The quantitative estimate of drug-likeness (QED) is 0.907. The number of aliphatic hydroxyl groups excluding tert-OH is 1. The van der Waals surface area contributed by atoms with Crippen LogP contribution < -0.4 is 0 Å². The third-order valence-corrected chi connectivity index (χ3v) is 2.24. The molecule has 0 bridgehead atoms. The Balaban J connectivity index is 2.32. The van der Waals surface area contributed by atoms with Gasteiger partial charge in [0.2, 0.25) is 0 Å². The Morgan fingerprint density at radius 3 is 2.71 bits per heavy atom. The molecule has 1 heterocycles. The van der Waals surface area contributed by atoms with Gasteiger partial charge in [-0.3, -0.25) is 4.98 Å². The van der Waals surface area contributed by atoms with Crippen molar-refractivity contribution in [1.29, 1.82) is 0 Å². The number of pyridine rings is 1. The summed E-state index contributed by atoms with van der Waals surface area (Å²) in [5.41, 5.74) is 0.725. The summed E-state index contributed by atoms with van der Waals surface area (Å²) in [6.45, 7) is -1.70. The van der Waals surface area contributed by atoms with Crippen molar-refractivity contribution >= 4 is 15.9 Å². The summed E-state index contributed by atoms with van der Waals surface area (Å²) >= 11 is 3.21. The summed E-state index contributed by atoms with van der Waals surface area (Å²) in [6.07, 6.45) is -2.02. The molecule has 0 saturated heterocycles. The molecule has 0 fully saturated rings. The van der Waals surface area contributed by atoms with E-state index in [9.17, 15) is 18.3 Å². The zero-order valence-corrected chi connectivity index (χ0v) is 10.3. The minimum atomic E-state index is -4.36. The van der Waals surface area contributed by atoms with Crippen molar-refractivity contribution in [1.82, 2.24) is 4.98 Å². The van der Waals surface area contributed by atoms with Gasteiger partial charge in [-0.1, -0.05) is 0 Å². The predicted octanol–water partition coefficient (Wildman–Crippen LogP) is 2.33. The van der Waals surface area contributed by atoms with Gasteiger partial charge in [0.25, 0.3) is 0 Å². The minimum Gasteiger partial charge on any atom is -0.390 e. The summed E-state index contributed by atoms with van der Waals surface area (Å²) in [5, 5.41) is 9.45. The van der Waals surface area contributed by atoms with E-state index in [0.717, 1.165) is 10.0 Å². The van der Waals surface area contributed by atoms with E-state index in [4.69, 9.17) is 0 Å². The Morgan fingerprint density at radius 1 is 1.41 bits per heavy atom. The van der Waals surface area contributed by atoms with Gasteiger partial charge in [-0.05, 0) is 27.6 Å². The van der Waals surface area contributed by atoms with E-state index in [-0.39, 0.29) is 13.0 Å². The van der Waals surface area contributed by atoms with Gasteiger partial charge in [0.05, 0.1) is 12.7 Å². The molecule has 0 aliphatic rings. The maximum absolute atomic E-state index is 11.8. The van der Waals surface area contributed by atoms with Crippen LogP contribution in [0, 0.1) is 0 Å². The number of halogens is 4. The van der Waals surface area contributed by atoms with Crippen molar-refractivity contribution in [3.8, 4) is 0 Å². The van der Waals surface area contributed by atoms with Crippen LogP contribution in [0.5, 0.6) is 0 Å². The molecule has 7 heteroatoms. The molecule has 0 radical (unpaired) electrons. The van der Waals surface area contributed by atoms with Crippen molar-refractivity contribution in [3.05, 3.63) is 28.5 Å². The fraction of sp³-hybridized carbons (Fsp3) is 0.500. The summed E-state index contributed by atoms with van der Waals surface area (Å²) in [6, 6.07) is 1.74. The van der Waals surface area contributed by atoms with E-state index in [0.29, 0.717) is 0 Å². The van der Waals surface area contributed by atoms with E-state index in [2.05, 4.69) is 25.7 Å².